The van der Waals surface area contributed by atoms with Crippen LogP contribution in [0.2, 0.25) is 0 Å². The molecule has 2 rings (SSSR count). The van der Waals surface area contributed by atoms with E-state index in [0.29, 0.717) is 5.17 Å². The summed E-state index contributed by atoms with van der Waals surface area (Å²) in [5.41, 5.74) is 0.920. The van der Waals surface area contributed by atoms with Crippen LogP contribution < -0.4 is 5.32 Å². The van der Waals surface area contributed by atoms with Gasteiger partial charge in [0.1, 0.15) is 0 Å². The first-order valence-electron chi connectivity index (χ1n) is 7.75. The van der Waals surface area contributed by atoms with E-state index in [-0.39, 0.29) is 4.91 Å². The maximum Gasteiger partial charge on any atom is 0.331 e. The number of carbonyl (C=O) groups is 2. The number of rotatable bonds is 7. The minimum atomic E-state index is -0.584. The molecule has 1 saturated heterocycles. The third-order valence-electron chi connectivity index (χ3n) is 3.10. The topological polar surface area (TPSA) is 80.1 Å². The van der Waals surface area contributed by atoms with E-state index >= 15 is 0 Å². The van der Waals surface area contributed by atoms with Gasteiger partial charge in [-0.25, -0.2) is 4.79 Å². The van der Waals surface area contributed by atoms with Crippen LogP contribution in [-0.2, 0) is 14.3 Å². The molecule has 0 atom stereocenters. The van der Waals surface area contributed by atoms with Gasteiger partial charge in [0.25, 0.3) is 5.91 Å². The molecule has 1 aromatic rings. The molecule has 0 spiro atoms. The molecule has 25 heavy (non-hydrogen) atoms. The second kappa shape index (κ2) is 10.0. The molecule has 0 aliphatic carbocycles. The summed E-state index contributed by atoms with van der Waals surface area (Å²) >= 11 is 2.88. The molecular formula is C17H19N3O3S2. The second-order valence-electron chi connectivity index (χ2n) is 5.01. The highest BCUT2D eigenvalue weighted by Gasteiger charge is 2.24. The molecule has 0 bridgehead atoms. The number of nitrogens with zero attached hydrogens (tertiary/aromatic N) is 2. The van der Waals surface area contributed by atoms with E-state index in [2.05, 4.69) is 39.3 Å². The van der Waals surface area contributed by atoms with E-state index in [0.717, 1.165) is 29.2 Å². The summed E-state index contributed by atoms with van der Waals surface area (Å²) in [7, 11) is 1.25. The summed E-state index contributed by atoms with van der Waals surface area (Å²) in [5.74, 6) is 0.146. The van der Waals surface area contributed by atoms with Crippen molar-refractivity contribution >= 4 is 46.8 Å². The number of ether oxygens (including phenoxy) is 1. The molecule has 1 N–H and O–H groups in total. The molecule has 0 aromatic heterocycles. The number of amides is 1. The number of unbranched alkanes of at least 4 members (excludes halogenated alkanes) is 1. The Labute approximate surface area is 155 Å². The van der Waals surface area contributed by atoms with Crippen molar-refractivity contribution in [2.24, 2.45) is 10.2 Å². The van der Waals surface area contributed by atoms with Crippen molar-refractivity contribution in [1.29, 1.82) is 0 Å². The maximum absolute atomic E-state index is 11.7. The van der Waals surface area contributed by atoms with E-state index in [4.69, 9.17) is 0 Å². The van der Waals surface area contributed by atoms with Crippen molar-refractivity contribution < 1.29 is 14.3 Å². The molecule has 132 valence electrons. The predicted octanol–water partition coefficient (Wildman–Crippen LogP) is 3.19. The van der Waals surface area contributed by atoms with Crippen molar-refractivity contribution in [2.75, 3.05) is 12.9 Å². The average molecular weight is 377 g/mol. The average Bonchev–Trinajstić information content (AvgIpc) is 2.96. The highest BCUT2D eigenvalue weighted by molar-refractivity contribution is 8.18. The Morgan fingerprint density at radius 1 is 1.36 bits per heavy atom. The van der Waals surface area contributed by atoms with Gasteiger partial charge in [-0.1, -0.05) is 25.5 Å². The molecule has 1 heterocycles. The van der Waals surface area contributed by atoms with Crippen molar-refractivity contribution in [3.63, 3.8) is 0 Å². The summed E-state index contributed by atoms with van der Waals surface area (Å²) in [5, 5.41) is 10.8. The second-order valence-corrected chi connectivity index (χ2v) is 7.21. The normalized spacial score (nSPS) is 17.4. The number of nitrogens with one attached hydrogen (secondary N) is 1. The first kappa shape index (κ1) is 19.3. The Hall–Kier alpha value is -2.06. The fraction of sp³-hybridized carbons (Fsp3) is 0.294. The van der Waals surface area contributed by atoms with Crippen LogP contribution in [0.3, 0.4) is 0 Å². The molecule has 0 unspecified atom stereocenters. The van der Waals surface area contributed by atoms with Gasteiger partial charge in [-0.15, -0.1) is 16.9 Å². The Kier molecular flexibility index (Phi) is 7.75. The Bertz CT molecular complexity index is 712. The summed E-state index contributed by atoms with van der Waals surface area (Å²) < 4.78 is 4.50. The Balaban J connectivity index is 1.92. The highest BCUT2D eigenvalue weighted by Crippen LogP contribution is 2.23. The number of benzene rings is 1. The van der Waals surface area contributed by atoms with Crippen molar-refractivity contribution in [3.8, 4) is 0 Å². The molecule has 1 aliphatic rings. The number of methoxy groups -OCH3 is 1. The maximum atomic E-state index is 11.7. The zero-order valence-electron chi connectivity index (χ0n) is 14.0. The third kappa shape index (κ3) is 6.39. The van der Waals surface area contributed by atoms with Gasteiger partial charge in [0.15, 0.2) is 5.17 Å². The van der Waals surface area contributed by atoms with Crippen molar-refractivity contribution in [3.05, 3.63) is 40.8 Å². The van der Waals surface area contributed by atoms with Crippen LogP contribution in [-0.4, -0.2) is 36.1 Å². The fourth-order valence-corrected chi connectivity index (χ4v) is 3.51. The zero-order chi connectivity index (χ0) is 18.1. The minimum absolute atomic E-state index is 0.231. The smallest absolute Gasteiger partial charge is 0.331 e. The van der Waals surface area contributed by atoms with Crippen molar-refractivity contribution in [2.45, 2.75) is 24.7 Å². The quantitative estimate of drug-likeness (QED) is 0.197. The van der Waals surface area contributed by atoms with E-state index in [1.165, 1.54) is 24.8 Å². The van der Waals surface area contributed by atoms with E-state index < -0.39 is 11.9 Å². The van der Waals surface area contributed by atoms with Crippen LogP contribution in [0.15, 0.2) is 50.3 Å². The SMILES string of the molecule is CCCCSc1ccc(C=N/N=C2/NC(=O)/C(=C\C(=O)OC)S2)cc1. The third-order valence-corrected chi connectivity index (χ3v) is 5.10. The lowest BCUT2D eigenvalue weighted by Crippen LogP contribution is -2.19. The number of thioether (sulfide) groups is 2. The van der Waals surface area contributed by atoms with Crippen LogP contribution in [0.25, 0.3) is 0 Å². The summed E-state index contributed by atoms with van der Waals surface area (Å²) in [6.45, 7) is 2.18. The first-order valence-corrected chi connectivity index (χ1v) is 9.55. The van der Waals surface area contributed by atoms with Gasteiger partial charge >= 0.3 is 5.97 Å². The minimum Gasteiger partial charge on any atom is -0.466 e. The Morgan fingerprint density at radius 3 is 2.80 bits per heavy atom. The van der Waals surface area contributed by atoms with Crippen molar-refractivity contribution in [1.82, 2.24) is 5.32 Å². The molecular weight excluding hydrogens is 358 g/mol. The van der Waals surface area contributed by atoms with Gasteiger partial charge < -0.3 is 4.74 Å². The number of hydrogen-bond acceptors (Lipinski definition) is 7. The zero-order valence-corrected chi connectivity index (χ0v) is 15.7. The lowest BCUT2D eigenvalue weighted by atomic mass is 10.2. The monoisotopic (exact) mass is 377 g/mol. The van der Waals surface area contributed by atoms with Crippen LogP contribution in [0, 0.1) is 0 Å². The Morgan fingerprint density at radius 2 is 2.12 bits per heavy atom. The molecule has 0 saturated carbocycles. The fourth-order valence-electron chi connectivity index (χ4n) is 1.77. The lowest BCUT2D eigenvalue weighted by Gasteiger charge is -2.00. The predicted molar refractivity (Wildman–Crippen MR) is 103 cm³/mol. The molecule has 0 radical (unpaired) electrons. The van der Waals surface area contributed by atoms with Crippen LogP contribution in [0.5, 0.6) is 0 Å². The van der Waals surface area contributed by atoms with Crippen LogP contribution in [0.1, 0.15) is 25.3 Å². The van der Waals surface area contributed by atoms with Gasteiger partial charge in [0, 0.05) is 11.0 Å². The summed E-state index contributed by atoms with van der Waals surface area (Å²) in [6, 6.07) is 8.05. The molecule has 1 fully saturated rings. The molecule has 6 nitrogen and oxygen atoms in total. The van der Waals surface area contributed by atoms with Gasteiger partial charge in [-0.05, 0) is 41.6 Å². The number of amidine groups is 1. The van der Waals surface area contributed by atoms with E-state index in [1.54, 1.807) is 6.21 Å². The van der Waals surface area contributed by atoms with E-state index in [1.807, 2.05) is 23.9 Å². The standard InChI is InChI=1S/C17H19N3O3S2/c1-3-4-9-24-13-7-5-12(6-8-13)11-18-20-17-19-16(22)14(25-17)10-15(21)23-2/h5-8,10-11H,3-4,9H2,1-2H3,(H,19,20,22)/b14-10+,18-11?. The molecule has 1 aromatic carbocycles. The van der Waals surface area contributed by atoms with E-state index in [9.17, 15) is 9.59 Å². The lowest BCUT2D eigenvalue weighted by molar-refractivity contribution is -0.135. The highest BCUT2D eigenvalue weighted by atomic mass is 32.2. The van der Waals surface area contributed by atoms with Gasteiger partial charge in [0.2, 0.25) is 0 Å². The molecule has 1 amide bonds. The molecule has 1 aliphatic heterocycles. The van der Waals surface area contributed by atoms with Gasteiger partial charge in [0.05, 0.1) is 18.2 Å². The summed E-state index contributed by atoms with van der Waals surface area (Å²) in [4.78, 5) is 24.3. The largest absolute Gasteiger partial charge is 0.466 e. The number of esters is 1. The first-order chi connectivity index (χ1) is 12.1. The van der Waals surface area contributed by atoms with Gasteiger partial charge in [-0.3, -0.25) is 10.1 Å². The molecule has 8 heteroatoms. The number of hydrogen-bond donors (Lipinski definition) is 1. The van der Waals surface area contributed by atoms with Crippen LogP contribution >= 0.6 is 23.5 Å². The van der Waals surface area contributed by atoms with Gasteiger partial charge in [-0.2, -0.15) is 5.10 Å². The van der Waals surface area contributed by atoms with Crippen LogP contribution in [0.4, 0.5) is 0 Å². The number of carbonyl (C=O) groups excluding carboxylic acids is 2. The summed E-state index contributed by atoms with van der Waals surface area (Å²) in [6.07, 6.45) is 5.15.